The van der Waals surface area contributed by atoms with Crippen molar-refractivity contribution in [2.75, 3.05) is 18.5 Å². The first-order valence-electron chi connectivity index (χ1n) is 8.62. The van der Waals surface area contributed by atoms with E-state index < -0.39 is 47.0 Å². The first-order chi connectivity index (χ1) is 13.9. The van der Waals surface area contributed by atoms with Crippen LogP contribution in [0, 0.1) is 0 Å². The van der Waals surface area contributed by atoms with Crippen molar-refractivity contribution in [3.63, 3.8) is 0 Å². The predicted molar refractivity (Wildman–Crippen MR) is 91.8 cm³/mol. The number of phenolic OH excluding ortho intramolecular Hbond substituents is 1. The lowest BCUT2D eigenvalue weighted by atomic mass is 10.0. The molecule has 0 aromatic heterocycles. The van der Waals surface area contributed by atoms with Crippen LogP contribution in [-0.4, -0.2) is 24.2 Å². The van der Waals surface area contributed by atoms with Gasteiger partial charge in [-0.25, -0.2) is 0 Å². The molecule has 2 aromatic carbocycles. The van der Waals surface area contributed by atoms with Gasteiger partial charge in [-0.1, -0.05) is 6.07 Å². The highest BCUT2D eigenvalue weighted by Gasteiger charge is 2.37. The van der Waals surface area contributed by atoms with Crippen molar-refractivity contribution in [1.29, 1.82) is 0 Å². The number of nitrogens with one attached hydrogen (secondary N) is 1. The molecule has 1 aliphatic heterocycles. The number of phenols is 1. The molecule has 0 bridgehead atoms. The third-order valence-corrected chi connectivity index (χ3v) is 4.22. The highest BCUT2D eigenvalue weighted by atomic mass is 19.4. The Morgan fingerprint density at radius 1 is 0.933 bits per heavy atom. The van der Waals surface area contributed by atoms with E-state index in [4.69, 9.17) is 9.47 Å². The third-order valence-electron chi connectivity index (χ3n) is 4.22. The highest BCUT2D eigenvalue weighted by Crippen LogP contribution is 2.37. The van der Waals surface area contributed by atoms with Crippen molar-refractivity contribution in [3.8, 4) is 5.75 Å². The van der Waals surface area contributed by atoms with Gasteiger partial charge in [0.1, 0.15) is 5.75 Å². The molecular formula is C19H15F6NO4. The zero-order chi connectivity index (χ0) is 22.1. The molecule has 1 amide bonds. The van der Waals surface area contributed by atoms with E-state index >= 15 is 0 Å². The number of anilines is 1. The van der Waals surface area contributed by atoms with Crippen molar-refractivity contribution >= 4 is 11.6 Å². The normalized spacial score (nSPS) is 15.8. The van der Waals surface area contributed by atoms with Gasteiger partial charge >= 0.3 is 12.4 Å². The fourth-order valence-electron chi connectivity index (χ4n) is 2.76. The van der Waals surface area contributed by atoms with E-state index in [1.807, 2.05) is 0 Å². The van der Waals surface area contributed by atoms with Gasteiger partial charge in [-0.2, -0.15) is 26.3 Å². The molecule has 1 heterocycles. The summed E-state index contributed by atoms with van der Waals surface area (Å²) in [6, 6.07) is 4.44. The van der Waals surface area contributed by atoms with E-state index in [1.54, 1.807) is 0 Å². The Bertz CT molecular complexity index is 903. The molecule has 2 aromatic rings. The Labute approximate surface area is 166 Å². The molecule has 3 rings (SSSR count). The zero-order valence-electron chi connectivity index (χ0n) is 15.1. The van der Waals surface area contributed by atoms with E-state index in [9.17, 15) is 36.2 Å². The second-order valence-corrected chi connectivity index (χ2v) is 6.45. The van der Waals surface area contributed by atoms with Crippen LogP contribution >= 0.6 is 0 Å². The summed E-state index contributed by atoms with van der Waals surface area (Å²) < 4.78 is 88.7. The van der Waals surface area contributed by atoms with Crippen LogP contribution in [0.3, 0.4) is 0 Å². The van der Waals surface area contributed by atoms with E-state index in [0.717, 1.165) is 0 Å². The van der Waals surface area contributed by atoms with Gasteiger partial charge in [0.2, 0.25) is 0 Å². The van der Waals surface area contributed by atoms with Crippen LogP contribution in [0.15, 0.2) is 36.4 Å². The van der Waals surface area contributed by atoms with Gasteiger partial charge in [-0.15, -0.1) is 0 Å². The maximum absolute atomic E-state index is 13.0. The summed E-state index contributed by atoms with van der Waals surface area (Å²) in [4.78, 5) is 12.4. The van der Waals surface area contributed by atoms with Gasteiger partial charge in [0.05, 0.1) is 30.0 Å². The second kappa shape index (κ2) is 8.15. The van der Waals surface area contributed by atoms with Crippen molar-refractivity contribution < 1.29 is 45.7 Å². The van der Waals surface area contributed by atoms with E-state index in [1.165, 1.54) is 18.2 Å². The molecule has 0 aliphatic carbocycles. The summed E-state index contributed by atoms with van der Waals surface area (Å²) in [7, 11) is 0. The third kappa shape index (κ3) is 5.03. The van der Waals surface area contributed by atoms with Crippen molar-refractivity contribution in [2.24, 2.45) is 0 Å². The van der Waals surface area contributed by atoms with Gasteiger partial charge in [0.25, 0.3) is 5.91 Å². The molecule has 30 heavy (non-hydrogen) atoms. The molecule has 162 valence electrons. The maximum Gasteiger partial charge on any atom is 0.416 e. The molecule has 11 heteroatoms. The molecule has 1 fully saturated rings. The number of benzene rings is 2. The predicted octanol–water partition coefficient (Wildman–Crippen LogP) is 5.12. The highest BCUT2D eigenvalue weighted by molar-refractivity contribution is 6.05. The Kier molecular flexibility index (Phi) is 5.95. The van der Waals surface area contributed by atoms with Crippen LogP contribution in [0.25, 0.3) is 0 Å². The number of alkyl halides is 6. The lowest BCUT2D eigenvalue weighted by Crippen LogP contribution is -2.19. The molecule has 0 spiro atoms. The van der Waals surface area contributed by atoms with Crippen LogP contribution < -0.4 is 5.32 Å². The quantitative estimate of drug-likeness (QED) is 0.519. The number of amides is 1. The van der Waals surface area contributed by atoms with Gasteiger partial charge in [-0.05, 0) is 36.8 Å². The molecule has 0 saturated carbocycles. The Morgan fingerprint density at radius 2 is 1.50 bits per heavy atom. The summed E-state index contributed by atoms with van der Waals surface area (Å²) >= 11 is 0. The molecule has 0 atom stereocenters. The molecular weight excluding hydrogens is 420 g/mol. The minimum atomic E-state index is -5.09. The zero-order valence-corrected chi connectivity index (χ0v) is 15.1. The summed E-state index contributed by atoms with van der Waals surface area (Å²) in [6.45, 7) is 0.829. The second-order valence-electron chi connectivity index (χ2n) is 6.45. The van der Waals surface area contributed by atoms with Gasteiger partial charge in [-0.3, -0.25) is 4.79 Å². The van der Waals surface area contributed by atoms with Crippen molar-refractivity contribution in [2.45, 2.75) is 25.1 Å². The number of ether oxygens (including phenoxy) is 2. The minimum Gasteiger partial charge on any atom is -0.506 e. The van der Waals surface area contributed by atoms with Gasteiger partial charge in [0.15, 0.2) is 6.29 Å². The molecule has 1 saturated heterocycles. The SMILES string of the molecule is O=C(Nc1cc(C2OCCCO2)ccc1O)c1cc(C(F)(F)F)cc(C(F)(F)F)c1. The largest absolute Gasteiger partial charge is 0.506 e. The topological polar surface area (TPSA) is 67.8 Å². The maximum atomic E-state index is 13.0. The molecule has 5 nitrogen and oxygen atoms in total. The summed E-state index contributed by atoms with van der Waals surface area (Å²) in [5, 5.41) is 12.1. The lowest BCUT2D eigenvalue weighted by Gasteiger charge is -2.24. The molecule has 0 radical (unpaired) electrons. The summed E-state index contributed by atoms with van der Waals surface area (Å²) in [6.07, 6.45) is -10.3. The first-order valence-corrected chi connectivity index (χ1v) is 8.62. The van der Waals surface area contributed by atoms with E-state index in [-0.39, 0.29) is 11.8 Å². The average molecular weight is 435 g/mol. The number of aromatic hydroxyl groups is 1. The number of hydrogen-bond acceptors (Lipinski definition) is 4. The number of carbonyl (C=O) groups excluding carboxylic acids is 1. The number of carbonyl (C=O) groups is 1. The van der Waals surface area contributed by atoms with Crippen molar-refractivity contribution in [3.05, 3.63) is 58.7 Å². The Hall–Kier alpha value is -2.79. The Morgan fingerprint density at radius 3 is 2.03 bits per heavy atom. The van der Waals surface area contributed by atoms with Crippen LogP contribution in [-0.2, 0) is 21.8 Å². The molecule has 0 unspecified atom stereocenters. The van der Waals surface area contributed by atoms with E-state index in [0.29, 0.717) is 37.3 Å². The monoisotopic (exact) mass is 435 g/mol. The van der Waals surface area contributed by atoms with Crippen molar-refractivity contribution in [1.82, 2.24) is 0 Å². The van der Waals surface area contributed by atoms with Gasteiger partial charge < -0.3 is 19.9 Å². The average Bonchev–Trinajstić information content (AvgIpc) is 2.68. The Balaban J connectivity index is 1.92. The number of hydrogen-bond donors (Lipinski definition) is 2. The lowest BCUT2D eigenvalue weighted by molar-refractivity contribution is -0.183. The standard InChI is InChI=1S/C19H15F6NO4/c20-18(21,22)12-6-11(7-13(9-12)19(23,24)25)16(28)26-14-8-10(2-3-15(14)27)17-29-4-1-5-30-17/h2-3,6-9,17,27H,1,4-5H2,(H,26,28). The molecule has 1 aliphatic rings. The molecule has 2 N–H and O–H groups in total. The minimum absolute atomic E-state index is 0.0768. The van der Waals surface area contributed by atoms with Crippen LogP contribution in [0.5, 0.6) is 5.75 Å². The first kappa shape index (κ1) is 21.9. The van der Waals surface area contributed by atoms with Crippen LogP contribution in [0.4, 0.5) is 32.0 Å². The van der Waals surface area contributed by atoms with Crippen LogP contribution in [0.2, 0.25) is 0 Å². The summed E-state index contributed by atoms with van der Waals surface area (Å²) in [5.74, 6) is -1.70. The fraction of sp³-hybridized carbons (Fsp3) is 0.316. The van der Waals surface area contributed by atoms with E-state index in [2.05, 4.69) is 5.32 Å². The van der Waals surface area contributed by atoms with Crippen LogP contribution in [0.1, 0.15) is 39.8 Å². The smallest absolute Gasteiger partial charge is 0.416 e. The number of rotatable bonds is 3. The summed E-state index contributed by atoms with van der Waals surface area (Å²) in [5.41, 5.74) is -3.93. The number of halogens is 6. The fourth-order valence-corrected chi connectivity index (χ4v) is 2.76. The van der Waals surface area contributed by atoms with Gasteiger partial charge in [0, 0.05) is 11.1 Å².